The van der Waals surface area contributed by atoms with E-state index in [-0.39, 0.29) is 46.2 Å². The Labute approximate surface area is 448 Å². The first-order chi connectivity index (χ1) is 37.6. The SMILES string of the molecule is C=CC(C)O[C@@H]1O[C@H](COC2O[C@H](COCc3ccccc3)[C@H](OCc3ccccc3)[C@H](OCc3ccccc3)[C@H]2OCc2ccccc2)[C@@H](OCc2ccccc2)[C@H](OCc2ccccc2)[C@H]1OCc1ccccc1. The van der Waals surface area contributed by atoms with Crippen molar-refractivity contribution in [3.63, 3.8) is 0 Å². The molecule has 7 aromatic carbocycles. The van der Waals surface area contributed by atoms with Gasteiger partial charge in [-0.05, 0) is 45.9 Å². The molecule has 2 unspecified atom stereocenters. The molecule has 0 saturated carbocycles. The molecule has 0 spiro atoms. The Morgan fingerprint density at radius 1 is 0.342 bits per heavy atom. The molecule has 2 saturated heterocycles. The van der Waals surface area contributed by atoms with Gasteiger partial charge in [-0.3, -0.25) is 0 Å². The standard InChI is InChI=1S/C65H70O11/c1-3-48(2)74-65-63(72-45-55-37-23-10-24-38-55)61(70-43-53-33-19-8-20-34-53)59(68-41-51-29-15-6-16-30-51)57(76-65)47-73-64-62(71-44-54-35-21-9-22-36-54)60(69-42-52-31-17-7-18-32-52)58(67-40-50-27-13-5-14-28-50)56(75-64)46-66-39-49-25-11-4-12-26-49/h3-38,48,56-65H,1,39-47H2,2H3/t48?,56-,57-,58+,59-,60+,61+,62-,63-,64?,65-/m1/s1. The van der Waals surface area contributed by atoms with E-state index in [0.29, 0.717) is 13.2 Å². The molecule has 11 nitrogen and oxygen atoms in total. The summed E-state index contributed by atoms with van der Waals surface area (Å²) < 4.78 is 76.4. The molecule has 2 aliphatic heterocycles. The van der Waals surface area contributed by atoms with Gasteiger partial charge >= 0.3 is 0 Å². The summed E-state index contributed by atoms with van der Waals surface area (Å²) in [5.74, 6) is 0. The third-order valence-corrected chi connectivity index (χ3v) is 13.4. The first-order valence-corrected chi connectivity index (χ1v) is 26.3. The minimum atomic E-state index is -1.02. The monoisotopic (exact) mass is 1030 g/mol. The van der Waals surface area contributed by atoms with Gasteiger partial charge in [0.1, 0.15) is 48.8 Å². The quantitative estimate of drug-likeness (QED) is 0.0438. The average Bonchev–Trinajstić information content (AvgIpc) is 3.49. The number of hydrogen-bond acceptors (Lipinski definition) is 11. The molecule has 7 aromatic rings. The summed E-state index contributed by atoms with van der Waals surface area (Å²) in [5.41, 5.74) is 6.95. The van der Waals surface area contributed by atoms with Crippen molar-refractivity contribution in [1.29, 1.82) is 0 Å². The lowest BCUT2D eigenvalue weighted by Gasteiger charge is -2.48. The van der Waals surface area contributed by atoms with E-state index in [9.17, 15) is 0 Å². The maximum absolute atomic E-state index is 7.14. The fourth-order valence-electron chi connectivity index (χ4n) is 9.33. The fraction of sp³-hybridized carbons (Fsp3) is 0.323. The van der Waals surface area contributed by atoms with Gasteiger partial charge in [-0.25, -0.2) is 0 Å². The van der Waals surface area contributed by atoms with Crippen LogP contribution < -0.4 is 0 Å². The summed E-state index contributed by atoms with van der Waals surface area (Å²) in [4.78, 5) is 0. The molecule has 2 aliphatic rings. The molecule has 0 radical (unpaired) electrons. The summed E-state index contributed by atoms with van der Waals surface area (Å²) in [6.45, 7) is 8.08. The third kappa shape index (κ3) is 16.2. The van der Waals surface area contributed by atoms with Gasteiger partial charge in [0.25, 0.3) is 0 Å². The van der Waals surface area contributed by atoms with Gasteiger partial charge in [0.2, 0.25) is 0 Å². The third-order valence-electron chi connectivity index (χ3n) is 13.4. The van der Waals surface area contributed by atoms with Gasteiger partial charge < -0.3 is 52.1 Å². The highest BCUT2D eigenvalue weighted by atomic mass is 16.8. The molecule has 11 heteroatoms. The second-order valence-electron chi connectivity index (χ2n) is 19.1. The van der Waals surface area contributed by atoms with Gasteiger partial charge in [0.15, 0.2) is 12.6 Å². The minimum absolute atomic E-state index is 0.0349. The van der Waals surface area contributed by atoms with Crippen LogP contribution >= 0.6 is 0 Å². The van der Waals surface area contributed by atoms with Gasteiger partial charge in [0.05, 0.1) is 65.6 Å². The fourth-order valence-corrected chi connectivity index (χ4v) is 9.33. The molecule has 0 N–H and O–H groups in total. The van der Waals surface area contributed by atoms with Crippen LogP contribution in [0.4, 0.5) is 0 Å². The van der Waals surface area contributed by atoms with Crippen molar-refractivity contribution in [1.82, 2.24) is 0 Å². The van der Waals surface area contributed by atoms with Crippen molar-refractivity contribution in [3.8, 4) is 0 Å². The Hall–Kier alpha value is -6.16. The van der Waals surface area contributed by atoms with Crippen molar-refractivity contribution in [2.24, 2.45) is 0 Å². The highest BCUT2D eigenvalue weighted by Gasteiger charge is 2.52. The Morgan fingerprint density at radius 3 is 0.961 bits per heavy atom. The van der Waals surface area contributed by atoms with E-state index in [0.717, 1.165) is 38.9 Å². The van der Waals surface area contributed by atoms with Crippen LogP contribution in [-0.4, -0.2) is 80.7 Å². The lowest BCUT2D eigenvalue weighted by molar-refractivity contribution is -0.355. The second kappa shape index (κ2) is 29.4. The first-order valence-electron chi connectivity index (χ1n) is 26.3. The molecule has 2 fully saturated rings. The van der Waals surface area contributed by atoms with Crippen molar-refractivity contribution in [2.45, 2.75) is 121 Å². The largest absolute Gasteiger partial charge is 0.374 e. The molecular weight excluding hydrogens is 957 g/mol. The van der Waals surface area contributed by atoms with E-state index in [1.54, 1.807) is 6.08 Å². The molecule has 0 aromatic heterocycles. The first kappa shape index (κ1) is 54.6. The smallest absolute Gasteiger partial charge is 0.187 e. The van der Waals surface area contributed by atoms with Gasteiger partial charge in [-0.1, -0.05) is 218 Å². The summed E-state index contributed by atoms with van der Waals surface area (Å²) in [6, 6.07) is 70.4. The maximum atomic E-state index is 7.14. The summed E-state index contributed by atoms with van der Waals surface area (Å²) in [6.07, 6.45) is -6.49. The number of ether oxygens (including phenoxy) is 11. The zero-order valence-corrected chi connectivity index (χ0v) is 43.2. The molecular formula is C65H70O11. The van der Waals surface area contributed by atoms with Crippen molar-refractivity contribution >= 4 is 0 Å². The van der Waals surface area contributed by atoms with Crippen LogP contribution in [0.2, 0.25) is 0 Å². The molecule has 0 bridgehead atoms. The zero-order valence-electron chi connectivity index (χ0n) is 43.2. The molecule has 0 aliphatic carbocycles. The Balaban J connectivity index is 1.07. The van der Waals surface area contributed by atoms with Crippen LogP contribution in [-0.2, 0) is 98.4 Å². The van der Waals surface area contributed by atoms with Crippen LogP contribution in [0.15, 0.2) is 225 Å². The lowest BCUT2D eigenvalue weighted by Crippen LogP contribution is -2.64. The second-order valence-corrected chi connectivity index (χ2v) is 19.1. The van der Waals surface area contributed by atoms with E-state index in [4.69, 9.17) is 52.1 Å². The van der Waals surface area contributed by atoms with Gasteiger partial charge in [0, 0.05) is 0 Å². The molecule has 0 amide bonds. The number of hydrogen-bond donors (Lipinski definition) is 0. The van der Waals surface area contributed by atoms with Gasteiger partial charge in [-0.15, -0.1) is 6.58 Å². The predicted molar refractivity (Wildman–Crippen MR) is 290 cm³/mol. The predicted octanol–water partition coefficient (Wildman–Crippen LogP) is 11.8. The van der Waals surface area contributed by atoms with Crippen molar-refractivity contribution < 1.29 is 52.1 Å². The van der Waals surface area contributed by atoms with Crippen molar-refractivity contribution in [2.75, 3.05) is 13.2 Å². The minimum Gasteiger partial charge on any atom is -0.374 e. The van der Waals surface area contributed by atoms with Crippen LogP contribution in [0.3, 0.4) is 0 Å². The van der Waals surface area contributed by atoms with Crippen LogP contribution in [0, 0.1) is 0 Å². The van der Waals surface area contributed by atoms with Crippen LogP contribution in [0.25, 0.3) is 0 Å². The van der Waals surface area contributed by atoms with E-state index in [2.05, 4.69) is 6.58 Å². The Bertz CT molecular complexity index is 2670. The zero-order chi connectivity index (χ0) is 52.0. The van der Waals surface area contributed by atoms with Crippen LogP contribution in [0.1, 0.15) is 45.9 Å². The topological polar surface area (TPSA) is 102 Å². The summed E-state index contributed by atoms with van der Waals surface area (Å²) in [7, 11) is 0. The Morgan fingerprint density at radius 2 is 0.618 bits per heavy atom. The van der Waals surface area contributed by atoms with E-state index < -0.39 is 67.5 Å². The Kier molecular flexibility index (Phi) is 21.1. The van der Waals surface area contributed by atoms with Gasteiger partial charge in [-0.2, -0.15) is 0 Å². The summed E-state index contributed by atoms with van der Waals surface area (Å²) >= 11 is 0. The number of benzene rings is 7. The molecule has 76 heavy (non-hydrogen) atoms. The maximum Gasteiger partial charge on any atom is 0.187 e. The van der Waals surface area contributed by atoms with E-state index in [1.165, 1.54) is 0 Å². The van der Waals surface area contributed by atoms with E-state index in [1.807, 2.05) is 219 Å². The van der Waals surface area contributed by atoms with Crippen LogP contribution in [0.5, 0.6) is 0 Å². The molecule has 9 rings (SSSR count). The number of rotatable bonds is 28. The molecule has 396 valence electrons. The summed E-state index contributed by atoms with van der Waals surface area (Å²) in [5, 5.41) is 0. The highest BCUT2D eigenvalue weighted by molar-refractivity contribution is 5.19. The molecule has 11 atom stereocenters. The molecule has 2 heterocycles. The normalized spacial score (nSPS) is 23.9. The average molecular weight is 1030 g/mol. The lowest BCUT2D eigenvalue weighted by atomic mass is 9.96. The van der Waals surface area contributed by atoms with E-state index >= 15 is 0 Å². The van der Waals surface area contributed by atoms with Crippen molar-refractivity contribution in [3.05, 3.63) is 264 Å². The highest BCUT2D eigenvalue weighted by Crippen LogP contribution is 2.35.